The van der Waals surface area contributed by atoms with Crippen LogP contribution in [0.4, 0.5) is 0 Å². The van der Waals surface area contributed by atoms with Gasteiger partial charge in [0.2, 0.25) is 0 Å². The van der Waals surface area contributed by atoms with Crippen molar-refractivity contribution in [1.82, 2.24) is 0 Å². The molecule has 0 aliphatic rings. The van der Waals surface area contributed by atoms with Gasteiger partial charge in [-0.2, -0.15) is 0 Å². The zero-order valence-electron chi connectivity index (χ0n) is 17.2. The van der Waals surface area contributed by atoms with Crippen molar-refractivity contribution in [2.24, 2.45) is 11.8 Å². The number of carbonyl (C=O) groups excluding carboxylic acids is 2. The van der Waals surface area contributed by atoms with Crippen LogP contribution < -0.4 is 0 Å². The first-order valence-corrected chi connectivity index (χ1v) is 9.89. The lowest BCUT2D eigenvalue weighted by Gasteiger charge is -2.15. The van der Waals surface area contributed by atoms with E-state index in [4.69, 9.17) is 9.47 Å². The van der Waals surface area contributed by atoms with Crippen molar-refractivity contribution in [2.45, 2.75) is 86.5 Å². The Labute approximate surface area is 154 Å². The Kier molecular flexibility index (Phi) is 13.2. The first-order chi connectivity index (χ1) is 11.8. The molecule has 0 atom stereocenters. The van der Waals surface area contributed by atoms with Crippen LogP contribution in [0.15, 0.2) is 11.1 Å². The maximum atomic E-state index is 12.5. The van der Waals surface area contributed by atoms with E-state index < -0.39 is 0 Å². The molecule has 0 radical (unpaired) electrons. The monoisotopic (exact) mass is 354 g/mol. The molecular formula is C21H38O4. The van der Waals surface area contributed by atoms with E-state index in [0.717, 1.165) is 19.3 Å². The number of unbranched alkanes of at least 4 members (excludes halogenated alkanes) is 4. The fraction of sp³-hybridized carbons (Fsp3) is 0.810. The zero-order valence-corrected chi connectivity index (χ0v) is 17.2. The average molecular weight is 355 g/mol. The van der Waals surface area contributed by atoms with Crippen LogP contribution in [0.2, 0.25) is 0 Å². The fourth-order valence-electron chi connectivity index (χ4n) is 2.42. The van der Waals surface area contributed by atoms with E-state index in [1.165, 1.54) is 12.8 Å². The SMILES string of the molecule is CCCCCCCC(C(=O)OCC(C)C)=C(CC)C(=O)OCC(C)C. The maximum Gasteiger partial charge on any atom is 0.334 e. The van der Waals surface area contributed by atoms with E-state index >= 15 is 0 Å². The predicted octanol–water partition coefficient (Wildman–Crippen LogP) is 5.45. The maximum absolute atomic E-state index is 12.5. The Hall–Kier alpha value is -1.32. The van der Waals surface area contributed by atoms with Crippen LogP contribution in [-0.2, 0) is 19.1 Å². The Morgan fingerprint density at radius 1 is 0.720 bits per heavy atom. The summed E-state index contributed by atoms with van der Waals surface area (Å²) in [6, 6.07) is 0. The second-order valence-electron chi connectivity index (χ2n) is 7.46. The summed E-state index contributed by atoms with van der Waals surface area (Å²) >= 11 is 0. The van der Waals surface area contributed by atoms with Gasteiger partial charge < -0.3 is 9.47 Å². The quantitative estimate of drug-likeness (QED) is 0.251. The first-order valence-electron chi connectivity index (χ1n) is 9.89. The molecule has 0 saturated heterocycles. The minimum Gasteiger partial charge on any atom is -0.462 e. The molecular weight excluding hydrogens is 316 g/mol. The second kappa shape index (κ2) is 13.9. The van der Waals surface area contributed by atoms with E-state index in [0.29, 0.717) is 37.2 Å². The minimum absolute atomic E-state index is 0.271. The highest BCUT2D eigenvalue weighted by atomic mass is 16.5. The molecule has 0 bridgehead atoms. The summed E-state index contributed by atoms with van der Waals surface area (Å²) in [5, 5.41) is 0. The van der Waals surface area contributed by atoms with Crippen LogP contribution in [0.3, 0.4) is 0 Å². The fourth-order valence-corrected chi connectivity index (χ4v) is 2.42. The van der Waals surface area contributed by atoms with Crippen LogP contribution in [0.1, 0.15) is 86.5 Å². The summed E-state index contributed by atoms with van der Waals surface area (Å²) in [6.07, 6.45) is 6.57. The Bertz CT molecular complexity index is 422. The topological polar surface area (TPSA) is 52.6 Å². The van der Waals surface area contributed by atoms with Crippen LogP contribution in [-0.4, -0.2) is 25.2 Å². The summed E-state index contributed by atoms with van der Waals surface area (Å²) in [6.45, 7) is 12.8. The molecule has 4 heteroatoms. The van der Waals surface area contributed by atoms with Gasteiger partial charge in [0, 0.05) is 11.1 Å². The Morgan fingerprint density at radius 2 is 1.20 bits per heavy atom. The third-order valence-corrected chi connectivity index (χ3v) is 3.84. The van der Waals surface area contributed by atoms with Gasteiger partial charge in [0.15, 0.2) is 0 Å². The highest BCUT2D eigenvalue weighted by Gasteiger charge is 2.22. The van der Waals surface area contributed by atoms with E-state index in [1.807, 2.05) is 34.6 Å². The number of rotatable bonds is 13. The summed E-state index contributed by atoms with van der Waals surface area (Å²) < 4.78 is 10.8. The molecule has 0 heterocycles. The lowest BCUT2D eigenvalue weighted by atomic mass is 9.99. The second-order valence-corrected chi connectivity index (χ2v) is 7.46. The standard InChI is InChI=1S/C21H38O4/c1-7-9-10-11-12-13-19(21(23)25-15-17(5)6)18(8-2)20(22)24-14-16(3)4/h16-17H,7-15H2,1-6H3. The first kappa shape index (κ1) is 23.7. The molecule has 25 heavy (non-hydrogen) atoms. The van der Waals surface area contributed by atoms with Crippen molar-refractivity contribution in [1.29, 1.82) is 0 Å². The van der Waals surface area contributed by atoms with Crippen molar-refractivity contribution in [3.8, 4) is 0 Å². The van der Waals surface area contributed by atoms with E-state index in [9.17, 15) is 9.59 Å². The van der Waals surface area contributed by atoms with Gasteiger partial charge in [-0.05, 0) is 31.1 Å². The van der Waals surface area contributed by atoms with Gasteiger partial charge in [-0.3, -0.25) is 0 Å². The van der Waals surface area contributed by atoms with Gasteiger partial charge in [0.05, 0.1) is 13.2 Å². The summed E-state index contributed by atoms with van der Waals surface area (Å²) in [5.74, 6) is -0.191. The van der Waals surface area contributed by atoms with Gasteiger partial charge in [-0.15, -0.1) is 0 Å². The molecule has 0 rings (SSSR count). The van der Waals surface area contributed by atoms with Gasteiger partial charge in [0.25, 0.3) is 0 Å². The highest BCUT2D eigenvalue weighted by Crippen LogP contribution is 2.20. The Morgan fingerprint density at radius 3 is 1.64 bits per heavy atom. The predicted molar refractivity (Wildman–Crippen MR) is 102 cm³/mol. The van der Waals surface area contributed by atoms with Crippen LogP contribution in [0.5, 0.6) is 0 Å². The molecule has 0 amide bonds. The molecule has 4 nitrogen and oxygen atoms in total. The van der Waals surface area contributed by atoms with Crippen molar-refractivity contribution in [3.05, 3.63) is 11.1 Å². The zero-order chi connectivity index (χ0) is 19.2. The molecule has 0 aliphatic heterocycles. The van der Waals surface area contributed by atoms with Gasteiger partial charge in [-0.1, -0.05) is 67.2 Å². The summed E-state index contributed by atoms with van der Waals surface area (Å²) in [7, 11) is 0. The molecule has 0 unspecified atom stereocenters. The van der Waals surface area contributed by atoms with E-state index in [1.54, 1.807) is 0 Å². The molecule has 0 aromatic carbocycles. The lowest BCUT2D eigenvalue weighted by Crippen LogP contribution is -2.19. The summed E-state index contributed by atoms with van der Waals surface area (Å²) in [4.78, 5) is 24.9. The molecule has 0 saturated carbocycles. The number of ether oxygens (including phenoxy) is 2. The molecule has 0 fully saturated rings. The number of esters is 2. The molecule has 146 valence electrons. The van der Waals surface area contributed by atoms with Gasteiger partial charge in [-0.25, -0.2) is 9.59 Å². The van der Waals surface area contributed by atoms with Crippen LogP contribution in [0.25, 0.3) is 0 Å². The van der Waals surface area contributed by atoms with Crippen LogP contribution in [0, 0.1) is 11.8 Å². The summed E-state index contributed by atoms with van der Waals surface area (Å²) in [5.41, 5.74) is 0.985. The van der Waals surface area contributed by atoms with Crippen molar-refractivity contribution in [2.75, 3.05) is 13.2 Å². The smallest absolute Gasteiger partial charge is 0.334 e. The third kappa shape index (κ3) is 11.0. The lowest BCUT2D eigenvalue weighted by molar-refractivity contribution is -0.143. The number of carbonyl (C=O) groups is 2. The molecule has 0 aromatic rings. The molecule has 0 aromatic heterocycles. The van der Waals surface area contributed by atoms with Crippen molar-refractivity contribution >= 4 is 11.9 Å². The van der Waals surface area contributed by atoms with Crippen LogP contribution >= 0.6 is 0 Å². The molecule has 0 spiro atoms. The van der Waals surface area contributed by atoms with Crippen molar-refractivity contribution in [3.63, 3.8) is 0 Å². The Balaban J connectivity index is 5.11. The molecule has 0 N–H and O–H groups in total. The van der Waals surface area contributed by atoms with E-state index in [-0.39, 0.29) is 23.8 Å². The molecule has 0 aliphatic carbocycles. The average Bonchev–Trinajstić information content (AvgIpc) is 2.56. The van der Waals surface area contributed by atoms with Crippen molar-refractivity contribution < 1.29 is 19.1 Å². The number of hydrogen-bond donors (Lipinski definition) is 0. The normalized spacial score (nSPS) is 12.3. The van der Waals surface area contributed by atoms with E-state index in [2.05, 4.69) is 6.92 Å². The minimum atomic E-state index is -0.374. The van der Waals surface area contributed by atoms with Gasteiger partial charge in [0.1, 0.15) is 0 Å². The third-order valence-electron chi connectivity index (χ3n) is 3.84. The number of hydrogen-bond acceptors (Lipinski definition) is 4. The largest absolute Gasteiger partial charge is 0.462 e. The highest BCUT2D eigenvalue weighted by molar-refractivity contribution is 6.00. The van der Waals surface area contributed by atoms with Gasteiger partial charge >= 0.3 is 11.9 Å².